The van der Waals surface area contributed by atoms with Gasteiger partial charge in [-0.15, -0.1) is 11.3 Å². The lowest BCUT2D eigenvalue weighted by molar-refractivity contribution is -0.116. The molecule has 0 aliphatic carbocycles. The highest BCUT2D eigenvalue weighted by Gasteiger charge is 2.23. The Hall–Kier alpha value is -2.56. The van der Waals surface area contributed by atoms with Gasteiger partial charge in [0.15, 0.2) is 11.5 Å². The summed E-state index contributed by atoms with van der Waals surface area (Å²) in [6.45, 7) is 4.69. The quantitative estimate of drug-likeness (QED) is 0.809. The zero-order valence-corrected chi connectivity index (χ0v) is 15.4. The second-order valence-corrected chi connectivity index (χ2v) is 6.88. The van der Waals surface area contributed by atoms with Gasteiger partial charge in [0.25, 0.3) is 0 Å². The second-order valence-electron chi connectivity index (χ2n) is 5.96. The van der Waals surface area contributed by atoms with Crippen LogP contribution in [0.5, 0.6) is 11.5 Å². The molecule has 0 unspecified atom stereocenters. The third kappa shape index (κ3) is 4.54. The maximum Gasteiger partial charge on any atom is 0.226 e. The van der Waals surface area contributed by atoms with Crippen LogP contribution in [0.2, 0.25) is 0 Å². The summed E-state index contributed by atoms with van der Waals surface area (Å²) in [5.74, 6) is 1.45. The monoisotopic (exact) mass is 371 g/mol. The summed E-state index contributed by atoms with van der Waals surface area (Å²) >= 11 is 1.36. The Labute approximate surface area is 156 Å². The van der Waals surface area contributed by atoms with E-state index in [1.165, 1.54) is 11.3 Å². The van der Waals surface area contributed by atoms with Crippen LogP contribution in [0, 0.1) is 11.3 Å². The fraction of sp³-hybridized carbons (Fsp3) is 0.368. The van der Waals surface area contributed by atoms with Crippen LogP contribution in [0.25, 0.3) is 0 Å². The molecular formula is C19H21N3O3S. The number of fused-ring (bicyclic) bond motifs is 1. The Morgan fingerprint density at radius 2 is 2.19 bits per heavy atom. The van der Waals surface area contributed by atoms with Crippen LogP contribution in [-0.2, 0) is 4.79 Å². The second kappa shape index (κ2) is 8.70. The Morgan fingerprint density at radius 3 is 2.96 bits per heavy atom. The number of ether oxygens (including phenoxy) is 2. The number of carbonyl (C=O) groups excluding carboxylic acids is 1. The van der Waals surface area contributed by atoms with Gasteiger partial charge in [0.05, 0.1) is 5.56 Å². The van der Waals surface area contributed by atoms with Crippen molar-refractivity contribution in [2.24, 2.45) is 0 Å². The highest BCUT2D eigenvalue weighted by atomic mass is 32.1. The molecule has 0 radical (unpaired) electrons. The van der Waals surface area contributed by atoms with E-state index in [1.807, 2.05) is 24.3 Å². The van der Waals surface area contributed by atoms with E-state index in [0.29, 0.717) is 36.7 Å². The van der Waals surface area contributed by atoms with Crippen molar-refractivity contribution in [3.8, 4) is 17.6 Å². The van der Waals surface area contributed by atoms with Gasteiger partial charge in [0.2, 0.25) is 5.91 Å². The summed E-state index contributed by atoms with van der Waals surface area (Å²) in [6, 6.07) is 11.4. The Balaban J connectivity index is 1.48. The molecular weight excluding hydrogens is 350 g/mol. The topological polar surface area (TPSA) is 74.6 Å². The fourth-order valence-corrected chi connectivity index (χ4v) is 3.52. The van der Waals surface area contributed by atoms with Gasteiger partial charge in [-0.25, -0.2) is 0 Å². The van der Waals surface area contributed by atoms with Gasteiger partial charge in [-0.2, -0.15) is 5.26 Å². The summed E-state index contributed by atoms with van der Waals surface area (Å²) < 4.78 is 11.7. The van der Waals surface area contributed by atoms with Gasteiger partial charge in [-0.3, -0.25) is 9.69 Å². The van der Waals surface area contributed by atoms with Crippen molar-refractivity contribution >= 4 is 22.2 Å². The van der Waals surface area contributed by atoms with Gasteiger partial charge in [0.1, 0.15) is 23.8 Å². The maximum absolute atomic E-state index is 12.2. The summed E-state index contributed by atoms with van der Waals surface area (Å²) in [6.07, 6.45) is 0.302. The number of carbonyl (C=O) groups is 1. The van der Waals surface area contributed by atoms with Crippen molar-refractivity contribution in [1.82, 2.24) is 4.90 Å². The molecule has 1 aliphatic heterocycles. The smallest absolute Gasteiger partial charge is 0.226 e. The van der Waals surface area contributed by atoms with Gasteiger partial charge in [0, 0.05) is 19.5 Å². The van der Waals surface area contributed by atoms with Gasteiger partial charge in [-0.05, 0) is 30.1 Å². The van der Waals surface area contributed by atoms with Gasteiger partial charge < -0.3 is 14.8 Å². The van der Waals surface area contributed by atoms with Crippen LogP contribution in [-0.4, -0.2) is 43.2 Å². The predicted molar refractivity (Wildman–Crippen MR) is 101 cm³/mol. The average Bonchev–Trinajstić information content (AvgIpc) is 3.12. The minimum atomic E-state index is -0.0893. The third-order valence-corrected chi connectivity index (χ3v) is 5.00. The predicted octanol–water partition coefficient (Wildman–Crippen LogP) is 3.11. The normalized spacial score (nSPS) is 15.5. The fourth-order valence-electron chi connectivity index (χ4n) is 2.76. The first-order valence-electron chi connectivity index (χ1n) is 8.58. The first-order chi connectivity index (χ1) is 12.7. The van der Waals surface area contributed by atoms with Crippen molar-refractivity contribution in [2.45, 2.75) is 19.4 Å². The number of thiophene rings is 1. The van der Waals surface area contributed by atoms with E-state index in [-0.39, 0.29) is 12.0 Å². The average molecular weight is 371 g/mol. The van der Waals surface area contributed by atoms with Crippen LogP contribution in [0.4, 0.5) is 5.00 Å². The molecule has 1 amide bonds. The zero-order chi connectivity index (χ0) is 18.4. The Kier molecular flexibility index (Phi) is 6.10. The van der Waals surface area contributed by atoms with Crippen LogP contribution >= 0.6 is 11.3 Å². The molecule has 1 aromatic heterocycles. The molecule has 7 heteroatoms. The van der Waals surface area contributed by atoms with Crippen LogP contribution in [0.3, 0.4) is 0 Å². The van der Waals surface area contributed by atoms with Crippen molar-refractivity contribution in [1.29, 1.82) is 5.26 Å². The standard InChI is InChI=1S/C19H21N3O3S/c1-2-22(9-7-18(23)21-19-14(11-20)8-10-26-19)12-15-13-24-16-5-3-4-6-17(16)25-15/h3-6,8,10,15H,2,7,9,12-13H2,1H3,(H,21,23)/t15-/m1/s1. The molecule has 3 rings (SSSR count). The van der Waals surface area contributed by atoms with E-state index in [4.69, 9.17) is 14.7 Å². The molecule has 1 atom stereocenters. The minimum Gasteiger partial charge on any atom is -0.486 e. The number of nitrogens with zero attached hydrogens (tertiary/aromatic N) is 2. The number of likely N-dealkylation sites (N-methyl/N-ethyl adjacent to an activating group) is 1. The van der Waals surface area contributed by atoms with Crippen molar-refractivity contribution < 1.29 is 14.3 Å². The third-order valence-electron chi connectivity index (χ3n) is 4.17. The Bertz CT molecular complexity index is 799. The molecule has 0 saturated heterocycles. The number of benzene rings is 1. The summed E-state index contributed by atoms with van der Waals surface area (Å²) in [5, 5.41) is 14.2. The van der Waals surface area contributed by atoms with E-state index in [1.54, 1.807) is 11.4 Å². The lowest BCUT2D eigenvalue weighted by Gasteiger charge is -2.30. The van der Waals surface area contributed by atoms with Crippen molar-refractivity contribution in [3.05, 3.63) is 41.3 Å². The van der Waals surface area contributed by atoms with Crippen LogP contribution in [0.1, 0.15) is 18.9 Å². The van der Waals surface area contributed by atoms with Crippen molar-refractivity contribution in [3.63, 3.8) is 0 Å². The van der Waals surface area contributed by atoms with Gasteiger partial charge >= 0.3 is 0 Å². The molecule has 136 valence electrons. The highest BCUT2D eigenvalue weighted by molar-refractivity contribution is 7.14. The number of nitrogens with one attached hydrogen (secondary N) is 1. The zero-order valence-electron chi connectivity index (χ0n) is 14.6. The van der Waals surface area contributed by atoms with E-state index in [2.05, 4.69) is 23.2 Å². The SMILES string of the molecule is CCN(CCC(=O)Nc1sccc1C#N)C[C@@H]1COc2ccccc2O1. The van der Waals surface area contributed by atoms with E-state index >= 15 is 0 Å². The molecule has 0 fully saturated rings. The molecule has 1 aromatic carbocycles. The number of nitriles is 1. The lowest BCUT2D eigenvalue weighted by atomic mass is 10.2. The molecule has 6 nitrogen and oxygen atoms in total. The molecule has 26 heavy (non-hydrogen) atoms. The Morgan fingerprint density at radius 1 is 1.38 bits per heavy atom. The lowest BCUT2D eigenvalue weighted by Crippen LogP contribution is -2.41. The number of rotatable bonds is 7. The molecule has 1 N–H and O–H groups in total. The largest absolute Gasteiger partial charge is 0.486 e. The number of para-hydroxylation sites is 2. The summed E-state index contributed by atoms with van der Waals surface area (Å²) in [7, 11) is 0. The number of hydrogen-bond donors (Lipinski definition) is 1. The van der Waals surface area contributed by atoms with Crippen LogP contribution < -0.4 is 14.8 Å². The molecule has 2 heterocycles. The van der Waals surface area contributed by atoms with E-state index in [9.17, 15) is 4.79 Å². The van der Waals surface area contributed by atoms with Crippen molar-refractivity contribution in [2.75, 3.05) is 31.6 Å². The highest BCUT2D eigenvalue weighted by Crippen LogP contribution is 2.31. The number of hydrogen-bond acceptors (Lipinski definition) is 6. The number of amides is 1. The number of anilines is 1. The maximum atomic E-state index is 12.2. The molecule has 0 spiro atoms. The molecule has 1 aliphatic rings. The van der Waals surface area contributed by atoms with Gasteiger partial charge in [-0.1, -0.05) is 19.1 Å². The molecule has 2 aromatic rings. The van der Waals surface area contributed by atoms with E-state index in [0.717, 1.165) is 18.0 Å². The summed E-state index contributed by atoms with van der Waals surface area (Å²) in [5.41, 5.74) is 0.502. The minimum absolute atomic E-state index is 0.0598. The first kappa shape index (κ1) is 18.2. The first-order valence-corrected chi connectivity index (χ1v) is 9.46. The molecule has 0 bridgehead atoms. The summed E-state index contributed by atoms with van der Waals surface area (Å²) in [4.78, 5) is 14.3. The molecule has 0 saturated carbocycles. The van der Waals surface area contributed by atoms with E-state index < -0.39 is 0 Å². The van der Waals surface area contributed by atoms with Crippen LogP contribution in [0.15, 0.2) is 35.7 Å².